The summed E-state index contributed by atoms with van der Waals surface area (Å²) in [6.07, 6.45) is -2.28. The maximum absolute atomic E-state index is 12.2. The number of nitrogens with one attached hydrogen (secondary N) is 1. The van der Waals surface area contributed by atoms with Crippen molar-refractivity contribution in [2.75, 3.05) is 23.4 Å². The van der Waals surface area contributed by atoms with Crippen molar-refractivity contribution in [3.05, 3.63) is 23.8 Å². The normalized spacial score (nSPS) is 20.1. The lowest BCUT2D eigenvalue weighted by Crippen LogP contribution is -2.23. The summed E-state index contributed by atoms with van der Waals surface area (Å²) < 4.78 is 52.1. The second kappa shape index (κ2) is 6.60. The quantitative estimate of drug-likeness (QED) is 0.895. The number of sulfone groups is 1. The molecule has 1 atom stereocenters. The SMILES string of the molecule is Cc1ccc(NC(=O)C2CCS(=O)(=O)C2)cc1OCC(F)F. The second-order valence-corrected chi connectivity index (χ2v) is 7.50. The van der Waals surface area contributed by atoms with Crippen LogP contribution in [-0.4, -0.2) is 38.9 Å². The van der Waals surface area contributed by atoms with Crippen molar-refractivity contribution in [1.82, 2.24) is 0 Å². The number of rotatable bonds is 5. The largest absolute Gasteiger partial charge is 0.487 e. The Labute approximate surface area is 127 Å². The van der Waals surface area contributed by atoms with E-state index in [0.717, 1.165) is 0 Å². The van der Waals surface area contributed by atoms with Crippen LogP contribution in [0, 0.1) is 12.8 Å². The Balaban J connectivity index is 2.03. The molecule has 8 heteroatoms. The molecule has 22 heavy (non-hydrogen) atoms. The van der Waals surface area contributed by atoms with Crippen LogP contribution in [0.4, 0.5) is 14.5 Å². The van der Waals surface area contributed by atoms with Crippen LogP contribution in [0.1, 0.15) is 12.0 Å². The number of halogens is 2. The molecule has 1 aliphatic heterocycles. The summed E-state index contributed by atoms with van der Waals surface area (Å²) in [5.74, 6) is -0.833. The van der Waals surface area contributed by atoms with Crippen LogP contribution in [-0.2, 0) is 14.6 Å². The highest BCUT2D eigenvalue weighted by Crippen LogP contribution is 2.25. The van der Waals surface area contributed by atoms with Crippen molar-refractivity contribution >= 4 is 21.4 Å². The number of ether oxygens (including phenoxy) is 1. The maximum Gasteiger partial charge on any atom is 0.272 e. The Morgan fingerprint density at radius 1 is 1.45 bits per heavy atom. The topological polar surface area (TPSA) is 72.5 Å². The van der Waals surface area contributed by atoms with Crippen LogP contribution in [0.3, 0.4) is 0 Å². The van der Waals surface area contributed by atoms with E-state index in [1.165, 1.54) is 6.07 Å². The van der Waals surface area contributed by atoms with Crippen molar-refractivity contribution in [2.45, 2.75) is 19.8 Å². The molecule has 0 radical (unpaired) electrons. The fourth-order valence-electron chi connectivity index (χ4n) is 2.23. The molecule has 0 aromatic heterocycles. The minimum absolute atomic E-state index is 0.0156. The Kier molecular flexibility index (Phi) is 5.00. The van der Waals surface area contributed by atoms with Gasteiger partial charge in [-0.05, 0) is 25.0 Å². The molecule has 1 saturated heterocycles. The van der Waals surface area contributed by atoms with E-state index in [1.807, 2.05) is 0 Å². The summed E-state index contributed by atoms with van der Waals surface area (Å²) in [5.41, 5.74) is 1.06. The van der Waals surface area contributed by atoms with Crippen LogP contribution in [0.25, 0.3) is 0 Å². The van der Waals surface area contributed by atoms with E-state index in [4.69, 9.17) is 4.74 Å². The Morgan fingerprint density at radius 2 is 2.18 bits per heavy atom. The number of hydrogen-bond donors (Lipinski definition) is 1. The van der Waals surface area contributed by atoms with Crippen molar-refractivity contribution in [3.8, 4) is 5.75 Å². The summed E-state index contributed by atoms with van der Waals surface area (Å²) in [6.45, 7) is 0.981. The second-order valence-electron chi connectivity index (χ2n) is 5.27. The Bertz CT molecular complexity index is 661. The first-order chi connectivity index (χ1) is 10.3. The van der Waals surface area contributed by atoms with Gasteiger partial charge in [0.05, 0.1) is 17.4 Å². The number of hydrogen-bond acceptors (Lipinski definition) is 4. The molecule has 1 aromatic carbocycles. The molecule has 122 valence electrons. The zero-order chi connectivity index (χ0) is 16.3. The average molecular weight is 333 g/mol. The van der Waals surface area contributed by atoms with E-state index >= 15 is 0 Å². The van der Waals surface area contributed by atoms with Gasteiger partial charge in [-0.15, -0.1) is 0 Å². The molecule has 1 unspecified atom stereocenters. The number of carbonyl (C=O) groups is 1. The van der Waals surface area contributed by atoms with Crippen molar-refractivity contribution in [3.63, 3.8) is 0 Å². The summed E-state index contributed by atoms with van der Waals surface area (Å²) >= 11 is 0. The number of alkyl halides is 2. The maximum atomic E-state index is 12.2. The van der Waals surface area contributed by atoms with Crippen molar-refractivity contribution in [2.24, 2.45) is 5.92 Å². The predicted molar refractivity (Wildman–Crippen MR) is 78.1 cm³/mol. The molecule has 5 nitrogen and oxygen atoms in total. The molecule has 0 aliphatic carbocycles. The van der Waals surface area contributed by atoms with Crippen molar-refractivity contribution in [1.29, 1.82) is 0 Å². The third kappa shape index (κ3) is 4.40. The van der Waals surface area contributed by atoms with Gasteiger partial charge in [0.15, 0.2) is 9.84 Å². The van der Waals surface area contributed by atoms with E-state index in [2.05, 4.69) is 5.32 Å². The summed E-state index contributed by atoms with van der Waals surface area (Å²) in [5, 5.41) is 2.61. The first-order valence-corrected chi connectivity index (χ1v) is 8.62. The van der Waals surface area contributed by atoms with E-state index in [-0.39, 0.29) is 23.2 Å². The van der Waals surface area contributed by atoms with E-state index < -0.39 is 28.8 Å². The molecule has 1 aliphatic rings. The molecular weight excluding hydrogens is 316 g/mol. The fourth-order valence-corrected chi connectivity index (χ4v) is 3.97. The van der Waals surface area contributed by atoms with Gasteiger partial charge >= 0.3 is 0 Å². The summed E-state index contributed by atoms with van der Waals surface area (Å²) in [6, 6.07) is 4.72. The molecule has 0 saturated carbocycles. The minimum atomic E-state index is -3.13. The van der Waals surface area contributed by atoms with E-state index in [1.54, 1.807) is 19.1 Å². The van der Waals surface area contributed by atoms with Crippen LogP contribution < -0.4 is 10.1 Å². The molecular formula is C14H17F2NO4S. The third-order valence-corrected chi connectivity index (χ3v) is 5.19. The van der Waals surface area contributed by atoms with Gasteiger partial charge in [0.1, 0.15) is 12.4 Å². The van der Waals surface area contributed by atoms with Crippen LogP contribution in [0.15, 0.2) is 18.2 Å². The lowest BCUT2D eigenvalue weighted by molar-refractivity contribution is -0.119. The van der Waals surface area contributed by atoms with Gasteiger partial charge in [-0.25, -0.2) is 17.2 Å². The first-order valence-electron chi connectivity index (χ1n) is 6.80. The molecule has 1 fully saturated rings. The van der Waals surface area contributed by atoms with Crippen molar-refractivity contribution < 1.29 is 26.7 Å². The zero-order valence-corrected chi connectivity index (χ0v) is 12.8. The van der Waals surface area contributed by atoms with Gasteiger partial charge in [0, 0.05) is 11.8 Å². The first kappa shape index (κ1) is 16.7. The zero-order valence-electron chi connectivity index (χ0n) is 12.0. The lowest BCUT2D eigenvalue weighted by atomic mass is 10.1. The lowest BCUT2D eigenvalue weighted by Gasteiger charge is -2.13. The molecule has 0 spiro atoms. The molecule has 1 amide bonds. The van der Waals surface area contributed by atoms with Crippen LogP contribution in [0.5, 0.6) is 5.75 Å². The number of carbonyl (C=O) groups excluding carboxylic acids is 1. The number of benzene rings is 1. The van der Waals surface area contributed by atoms with E-state index in [9.17, 15) is 22.0 Å². The van der Waals surface area contributed by atoms with Gasteiger partial charge in [-0.3, -0.25) is 4.79 Å². The number of amides is 1. The molecule has 1 aromatic rings. The Hall–Kier alpha value is -1.70. The molecule has 2 rings (SSSR count). The highest BCUT2D eigenvalue weighted by atomic mass is 32.2. The monoisotopic (exact) mass is 333 g/mol. The van der Waals surface area contributed by atoms with Crippen LogP contribution in [0.2, 0.25) is 0 Å². The third-order valence-electron chi connectivity index (χ3n) is 3.42. The minimum Gasteiger partial charge on any atom is -0.487 e. The van der Waals surface area contributed by atoms with Gasteiger partial charge in [-0.2, -0.15) is 0 Å². The molecule has 0 bridgehead atoms. The summed E-state index contributed by atoms with van der Waals surface area (Å²) in [7, 11) is -3.13. The fraction of sp³-hybridized carbons (Fsp3) is 0.500. The van der Waals surface area contributed by atoms with Gasteiger partial charge in [-0.1, -0.05) is 6.07 Å². The highest BCUT2D eigenvalue weighted by molar-refractivity contribution is 7.91. The average Bonchev–Trinajstić information content (AvgIpc) is 2.79. The molecule has 1 heterocycles. The smallest absolute Gasteiger partial charge is 0.272 e. The summed E-state index contributed by atoms with van der Waals surface area (Å²) in [4.78, 5) is 12.0. The number of anilines is 1. The predicted octanol–water partition coefficient (Wildman–Crippen LogP) is 2.01. The van der Waals surface area contributed by atoms with Gasteiger partial charge < -0.3 is 10.1 Å². The van der Waals surface area contributed by atoms with Gasteiger partial charge in [0.2, 0.25) is 5.91 Å². The Morgan fingerprint density at radius 3 is 2.77 bits per heavy atom. The van der Waals surface area contributed by atoms with Gasteiger partial charge in [0.25, 0.3) is 6.43 Å². The highest BCUT2D eigenvalue weighted by Gasteiger charge is 2.32. The van der Waals surface area contributed by atoms with E-state index in [0.29, 0.717) is 17.7 Å². The number of aryl methyl sites for hydroxylation is 1. The molecule has 1 N–H and O–H groups in total. The van der Waals surface area contributed by atoms with Crippen LogP contribution >= 0.6 is 0 Å². The standard InChI is InChI=1S/C14H17F2NO4S/c1-9-2-3-11(6-12(9)21-7-13(15)16)17-14(18)10-4-5-22(19,20)8-10/h2-3,6,10,13H,4-5,7-8H2,1H3,(H,17,18).